The van der Waals surface area contributed by atoms with E-state index in [9.17, 15) is 0 Å². The number of benzene rings is 1. The van der Waals surface area contributed by atoms with E-state index in [4.69, 9.17) is 20.9 Å². The van der Waals surface area contributed by atoms with Crippen LogP contribution < -0.4 is 20.9 Å². The van der Waals surface area contributed by atoms with Crippen molar-refractivity contribution in [2.24, 2.45) is 5.92 Å². The predicted octanol–water partition coefficient (Wildman–Crippen LogP) is 1.72. The average Bonchev–Trinajstić information content (AvgIpc) is 2.59. The van der Waals surface area contributed by atoms with Crippen LogP contribution in [0.5, 0.6) is 11.5 Å². The highest BCUT2D eigenvalue weighted by atomic mass is 16.5. The topological polar surface area (TPSA) is 96.3 Å². The molecule has 104 valence electrons. The van der Waals surface area contributed by atoms with Gasteiger partial charge in [-0.15, -0.1) is 0 Å². The zero-order valence-corrected chi connectivity index (χ0v) is 11.2. The van der Waals surface area contributed by atoms with Gasteiger partial charge in [-0.1, -0.05) is 6.92 Å². The summed E-state index contributed by atoms with van der Waals surface area (Å²) >= 11 is 0. The maximum atomic E-state index is 5.75. The van der Waals surface area contributed by atoms with Gasteiger partial charge in [-0.25, -0.2) is 4.98 Å². The molecular formula is C14H16N4O2. The maximum Gasteiger partial charge on any atom is 0.222 e. The first-order valence-electron chi connectivity index (χ1n) is 6.42. The summed E-state index contributed by atoms with van der Waals surface area (Å²) in [6, 6.07) is 7.34. The van der Waals surface area contributed by atoms with Crippen molar-refractivity contribution >= 4 is 11.8 Å². The molecule has 0 saturated heterocycles. The summed E-state index contributed by atoms with van der Waals surface area (Å²) in [6.07, 6.45) is 0. The Balaban J connectivity index is 2.00. The minimum Gasteiger partial charge on any atom is -0.489 e. The molecule has 6 heteroatoms. The highest BCUT2D eigenvalue weighted by molar-refractivity contribution is 5.66. The second-order valence-electron chi connectivity index (χ2n) is 4.92. The van der Waals surface area contributed by atoms with Crippen molar-refractivity contribution in [1.82, 2.24) is 9.97 Å². The summed E-state index contributed by atoms with van der Waals surface area (Å²) in [7, 11) is 0. The summed E-state index contributed by atoms with van der Waals surface area (Å²) in [5.41, 5.74) is 12.8. The van der Waals surface area contributed by atoms with Crippen molar-refractivity contribution in [2.45, 2.75) is 6.92 Å². The number of fused-ring (bicyclic) bond motifs is 1. The third kappa shape index (κ3) is 2.45. The molecule has 0 radical (unpaired) electrons. The van der Waals surface area contributed by atoms with Gasteiger partial charge in [0.15, 0.2) is 11.5 Å². The Labute approximate surface area is 116 Å². The normalized spacial score (nSPS) is 17.6. The van der Waals surface area contributed by atoms with E-state index in [1.807, 2.05) is 18.2 Å². The molecule has 6 nitrogen and oxygen atoms in total. The van der Waals surface area contributed by atoms with Crippen LogP contribution in [-0.2, 0) is 0 Å². The second kappa shape index (κ2) is 4.88. The van der Waals surface area contributed by atoms with Crippen molar-refractivity contribution in [3.63, 3.8) is 0 Å². The van der Waals surface area contributed by atoms with Crippen LogP contribution in [0.25, 0.3) is 11.3 Å². The van der Waals surface area contributed by atoms with E-state index in [2.05, 4.69) is 16.9 Å². The van der Waals surface area contributed by atoms with E-state index < -0.39 is 0 Å². The molecule has 1 aliphatic heterocycles. The van der Waals surface area contributed by atoms with Crippen LogP contribution in [-0.4, -0.2) is 23.2 Å². The zero-order valence-electron chi connectivity index (χ0n) is 11.2. The number of aromatic nitrogens is 2. The van der Waals surface area contributed by atoms with Gasteiger partial charge in [-0.3, -0.25) is 0 Å². The number of anilines is 2. The van der Waals surface area contributed by atoms with E-state index in [1.165, 1.54) is 0 Å². The molecule has 0 amide bonds. The number of nitrogen functional groups attached to an aromatic ring is 2. The van der Waals surface area contributed by atoms with Crippen LogP contribution >= 0.6 is 0 Å². The van der Waals surface area contributed by atoms with Gasteiger partial charge in [0.1, 0.15) is 5.82 Å². The molecule has 0 bridgehead atoms. The van der Waals surface area contributed by atoms with E-state index in [0.717, 1.165) is 11.3 Å². The fraction of sp³-hybridized carbons (Fsp3) is 0.286. The average molecular weight is 272 g/mol. The van der Waals surface area contributed by atoms with Crippen molar-refractivity contribution in [3.8, 4) is 22.8 Å². The molecular weight excluding hydrogens is 256 g/mol. The molecule has 1 unspecified atom stereocenters. The van der Waals surface area contributed by atoms with Crippen LogP contribution in [0, 0.1) is 5.92 Å². The van der Waals surface area contributed by atoms with Crippen LogP contribution in [0.4, 0.5) is 11.8 Å². The van der Waals surface area contributed by atoms with E-state index in [1.54, 1.807) is 6.07 Å². The summed E-state index contributed by atoms with van der Waals surface area (Å²) in [5, 5.41) is 0. The summed E-state index contributed by atoms with van der Waals surface area (Å²) in [6.45, 7) is 3.36. The first-order chi connectivity index (χ1) is 9.61. The molecule has 0 fully saturated rings. The van der Waals surface area contributed by atoms with Gasteiger partial charge in [0, 0.05) is 17.5 Å². The lowest BCUT2D eigenvalue weighted by molar-refractivity contribution is 0.228. The Bertz CT molecular complexity index is 625. The molecule has 3 rings (SSSR count). The first-order valence-corrected chi connectivity index (χ1v) is 6.42. The lowest BCUT2D eigenvalue weighted by Gasteiger charge is -2.09. The molecule has 1 aliphatic rings. The summed E-state index contributed by atoms with van der Waals surface area (Å²) < 4.78 is 11.4. The molecule has 1 aromatic heterocycles. The number of rotatable bonds is 1. The SMILES string of the molecule is CC1COc2ccc(-c3cc(N)nc(N)n3)cc2OC1. The van der Waals surface area contributed by atoms with Gasteiger partial charge >= 0.3 is 0 Å². The Kier molecular flexibility index (Phi) is 3.06. The maximum absolute atomic E-state index is 5.75. The summed E-state index contributed by atoms with van der Waals surface area (Å²) in [4.78, 5) is 8.04. The number of hydrogen-bond acceptors (Lipinski definition) is 6. The standard InChI is InChI=1S/C14H16N4O2/c1-8-6-19-11-3-2-9(4-12(11)20-7-8)10-5-13(15)18-14(16)17-10/h2-5,8H,6-7H2,1H3,(H4,15,16,17,18). The fourth-order valence-electron chi connectivity index (χ4n) is 2.04. The lowest BCUT2D eigenvalue weighted by atomic mass is 10.1. The molecule has 4 N–H and O–H groups in total. The number of hydrogen-bond donors (Lipinski definition) is 2. The second-order valence-corrected chi connectivity index (χ2v) is 4.92. The molecule has 20 heavy (non-hydrogen) atoms. The van der Waals surface area contributed by atoms with Crippen LogP contribution in [0.15, 0.2) is 24.3 Å². The van der Waals surface area contributed by atoms with Gasteiger partial charge in [-0.2, -0.15) is 4.98 Å². The van der Waals surface area contributed by atoms with Crippen molar-refractivity contribution in [3.05, 3.63) is 24.3 Å². The predicted molar refractivity (Wildman–Crippen MR) is 76.4 cm³/mol. The number of nitrogens with zero attached hydrogens (tertiary/aromatic N) is 2. The molecule has 1 atom stereocenters. The van der Waals surface area contributed by atoms with E-state index in [-0.39, 0.29) is 5.95 Å². The van der Waals surface area contributed by atoms with Gasteiger partial charge in [0.2, 0.25) is 5.95 Å². The Morgan fingerprint density at radius 2 is 1.80 bits per heavy atom. The number of nitrogens with two attached hydrogens (primary N) is 2. The van der Waals surface area contributed by atoms with Crippen LogP contribution in [0.2, 0.25) is 0 Å². The lowest BCUT2D eigenvalue weighted by Crippen LogP contribution is -2.12. The van der Waals surface area contributed by atoms with Gasteiger partial charge in [0.25, 0.3) is 0 Å². The smallest absolute Gasteiger partial charge is 0.222 e. The minimum absolute atomic E-state index is 0.153. The molecule has 0 aliphatic carbocycles. The highest BCUT2D eigenvalue weighted by Crippen LogP contribution is 2.34. The Morgan fingerprint density at radius 3 is 2.55 bits per heavy atom. The van der Waals surface area contributed by atoms with Crippen molar-refractivity contribution in [2.75, 3.05) is 24.7 Å². The Morgan fingerprint density at radius 1 is 1.05 bits per heavy atom. The monoisotopic (exact) mass is 272 g/mol. The molecule has 0 saturated carbocycles. The largest absolute Gasteiger partial charge is 0.489 e. The Hall–Kier alpha value is -2.50. The number of ether oxygens (including phenoxy) is 2. The van der Waals surface area contributed by atoms with Crippen molar-refractivity contribution in [1.29, 1.82) is 0 Å². The van der Waals surface area contributed by atoms with Crippen LogP contribution in [0.3, 0.4) is 0 Å². The van der Waals surface area contributed by atoms with Gasteiger partial charge in [-0.05, 0) is 18.2 Å². The van der Waals surface area contributed by atoms with Gasteiger partial charge in [0.05, 0.1) is 18.9 Å². The minimum atomic E-state index is 0.153. The van der Waals surface area contributed by atoms with Gasteiger partial charge < -0.3 is 20.9 Å². The third-order valence-corrected chi connectivity index (χ3v) is 3.05. The molecule has 1 aromatic carbocycles. The first kappa shape index (κ1) is 12.5. The van der Waals surface area contributed by atoms with Crippen molar-refractivity contribution < 1.29 is 9.47 Å². The molecule has 2 heterocycles. The molecule has 0 spiro atoms. The fourth-order valence-corrected chi connectivity index (χ4v) is 2.04. The highest BCUT2D eigenvalue weighted by Gasteiger charge is 2.16. The van der Waals surface area contributed by atoms with E-state index in [0.29, 0.717) is 36.4 Å². The molecule has 2 aromatic rings. The van der Waals surface area contributed by atoms with E-state index >= 15 is 0 Å². The summed E-state index contributed by atoms with van der Waals surface area (Å²) in [5.74, 6) is 2.31. The quantitative estimate of drug-likeness (QED) is 0.820. The zero-order chi connectivity index (χ0) is 14.1. The van der Waals surface area contributed by atoms with Crippen LogP contribution in [0.1, 0.15) is 6.92 Å². The third-order valence-electron chi connectivity index (χ3n) is 3.05.